The zero-order chi connectivity index (χ0) is 23.8. The summed E-state index contributed by atoms with van der Waals surface area (Å²) in [5.41, 5.74) is 10.0. The molecule has 188 valence electrons. The molecule has 0 saturated carbocycles. The molecule has 0 saturated heterocycles. The molecule has 1 amide bonds. The van der Waals surface area contributed by atoms with E-state index in [0.29, 0.717) is 5.13 Å². The quantitative estimate of drug-likeness (QED) is 0.197. The molecule has 34 heavy (non-hydrogen) atoms. The lowest BCUT2D eigenvalue weighted by Crippen LogP contribution is -2.24. The number of rotatable bonds is 18. The Hall–Kier alpha value is -2.08. The molecule has 1 aromatic heterocycles. The summed E-state index contributed by atoms with van der Waals surface area (Å²) in [6.07, 6.45) is 20.6. The van der Waals surface area contributed by atoms with Gasteiger partial charge in [-0.2, -0.15) is 0 Å². The number of carbonyl (C=O) groups is 1. The fourth-order valence-electron chi connectivity index (χ4n) is 4.73. The van der Waals surface area contributed by atoms with E-state index in [1.807, 2.05) is 12.1 Å². The van der Waals surface area contributed by atoms with E-state index in [1.54, 1.807) is 11.3 Å². The van der Waals surface area contributed by atoms with Crippen LogP contribution < -0.4 is 16.4 Å². The molecule has 1 aromatic carbocycles. The predicted molar refractivity (Wildman–Crippen MR) is 146 cm³/mol. The van der Waals surface area contributed by atoms with Crippen molar-refractivity contribution in [3.05, 3.63) is 40.4 Å². The van der Waals surface area contributed by atoms with Gasteiger partial charge < -0.3 is 16.4 Å². The number of nitrogens with zero attached hydrogens (tertiary/aromatic N) is 1. The Labute approximate surface area is 210 Å². The highest BCUT2D eigenvalue weighted by Crippen LogP contribution is 2.23. The van der Waals surface area contributed by atoms with E-state index in [9.17, 15) is 4.79 Å². The number of aromatic nitrogens is 1. The zero-order valence-electron chi connectivity index (χ0n) is 20.9. The smallest absolute Gasteiger partial charge is 0.251 e. The van der Waals surface area contributed by atoms with Crippen LogP contribution in [0.2, 0.25) is 0 Å². The van der Waals surface area contributed by atoms with Crippen molar-refractivity contribution in [3.8, 4) is 0 Å². The largest absolute Gasteiger partial charge is 0.384 e. The van der Waals surface area contributed by atoms with Crippen LogP contribution in [0.3, 0.4) is 0 Å². The maximum Gasteiger partial charge on any atom is 0.251 e. The number of nitrogen functional groups attached to an aromatic ring is 1. The second kappa shape index (κ2) is 15.8. The van der Waals surface area contributed by atoms with Crippen molar-refractivity contribution in [1.29, 1.82) is 0 Å². The molecule has 0 spiro atoms. The van der Waals surface area contributed by atoms with Crippen LogP contribution in [0, 0.1) is 0 Å². The topological polar surface area (TPSA) is 80.0 Å². The van der Waals surface area contributed by atoms with Gasteiger partial charge in [-0.05, 0) is 43.4 Å². The monoisotopic (exact) mass is 484 g/mol. The van der Waals surface area contributed by atoms with Crippen LogP contribution in [-0.2, 0) is 12.8 Å². The van der Waals surface area contributed by atoms with Gasteiger partial charge in [0, 0.05) is 29.7 Å². The Morgan fingerprint density at radius 2 is 1.53 bits per heavy atom. The van der Waals surface area contributed by atoms with E-state index in [4.69, 9.17) is 5.73 Å². The van der Waals surface area contributed by atoms with Crippen molar-refractivity contribution in [2.45, 2.75) is 103 Å². The lowest BCUT2D eigenvalue weighted by atomic mass is 10.0. The van der Waals surface area contributed by atoms with Crippen LogP contribution in [-0.4, -0.2) is 24.0 Å². The average molecular weight is 485 g/mol. The number of nitrogens with two attached hydrogens (primary N) is 1. The van der Waals surface area contributed by atoms with Crippen LogP contribution in [0.15, 0.2) is 23.6 Å². The number of thiazole rings is 1. The molecule has 0 fully saturated rings. The van der Waals surface area contributed by atoms with E-state index < -0.39 is 0 Å². The molecule has 0 bridgehead atoms. The summed E-state index contributed by atoms with van der Waals surface area (Å²) in [5.74, 6) is 0.0535. The minimum absolute atomic E-state index is 0.0535. The van der Waals surface area contributed by atoms with Crippen LogP contribution in [0.1, 0.15) is 112 Å². The number of amides is 1. The number of anilines is 2. The molecule has 0 unspecified atom stereocenters. The summed E-state index contributed by atoms with van der Waals surface area (Å²) in [6, 6.07) is 6.01. The molecule has 2 heterocycles. The Bertz CT molecular complexity index is 851. The first-order valence-electron chi connectivity index (χ1n) is 13.6. The van der Waals surface area contributed by atoms with E-state index in [-0.39, 0.29) is 5.91 Å². The zero-order valence-corrected chi connectivity index (χ0v) is 21.7. The maximum atomic E-state index is 12.3. The summed E-state index contributed by atoms with van der Waals surface area (Å²) < 4.78 is 0. The summed E-state index contributed by atoms with van der Waals surface area (Å²) in [6.45, 7) is 1.76. The Kier molecular flexibility index (Phi) is 12.3. The molecule has 0 radical (unpaired) electrons. The second-order valence-corrected chi connectivity index (χ2v) is 10.6. The Morgan fingerprint density at radius 3 is 2.15 bits per heavy atom. The van der Waals surface area contributed by atoms with E-state index in [1.165, 1.54) is 89.0 Å². The van der Waals surface area contributed by atoms with Gasteiger partial charge in [0.1, 0.15) is 0 Å². The highest BCUT2D eigenvalue weighted by Gasteiger charge is 2.13. The number of hydrogen-bond acceptors (Lipinski definition) is 5. The van der Waals surface area contributed by atoms with Gasteiger partial charge in [0.2, 0.25) is 0 Å². The molecule has 1 aliphatic heterocycles. The van der Waals surface area contributed by atoms with Gasteiger partial charge in [-0.1, -0.05) is 83.1 Å². The Morgan fingerprint density at radius 1 is 0.912 bits per heavy atom. The van der Waals surface area contributed by atoms with Crippen molar-refractivity contribution in [1.82, 2.24) is 10.3 Å². The highest BCUT2D eigenvalue weighted by atomic mass is 32.1. The fraction of sp³-hybridized carbons (Fsp3) is 0.643. The Balaban J connectivity index is 1.03. The molecular formula is C28H44N4OS. The van der Waals surface area contributed by atoms with Gasteiger partial charge in [0.05, 0.1) is 5.69 Å². The third-order valence-corrected chi connectivity index (χ3v) is 7.52. The van der Waals surface area contributed by atoms with E-state index >= 15 is 0 Å². The van der Waals surface area contributed by atoms with Crippen LogP contribution >= 0.6 is 11.3 Å². The van der Waals surface area contributed by atoms with Crippen molar-refractivity contribution in [2.75, 3.05) is 24.1 Å². The van der Waals surface area contributed by atoms with Gasteiger partial charge in [-0.3, -0.25) is 4.79 Å². The third kappa shape index (κ3) is 10.0. The minimum Gasteiger partial charge on any atom is -0.384 e. The summed E-state index contributed by atoms with van der Waals surface area (Å²) in [4.78, 5) is 16.6. The molecule has 2 aromatic rings. The van der Waals surface area contributed by atoms with Crippen LogP contribution in [0.25, 0.3) is 0 Å². The minimum atomic E-state index is 0.0535. The SMILES string of the molecule is Nc1nc(CCCCCCCCCCCCCCCCNC(=O)c2ccc3c(c2)NCC3)cs1. The number of aryl methyl sites for hydroxylation is 1. The average Bonchev–Trinajstić information content (AvgIpc) is 3.49. The number of nitrogens with one attached hydrogen (secondary N) is 2. The van der Waals surface area contributed by atoms with Gasteiger partial charge >= 0.3 is 0 Å². The van der Waals surface area contributed by atoms with Gasteiger partial charge in [-0.25, -0.2) is 4.98 Å². The van der Waals surface area contributed by atoms with Crippen molar-refractivity contribution in [3.63, 3.8) is 0 Å². The molecule has 4 N–H and O–H groups in total. The van der Waals surface area contributed by atoms with Gasteiger partial charge in [0.25, 0.3) is 5.91 Å². The molecule has 3 rings (SSSR count). The summed E-state index contributed by atoms with van der Waals surface area (Å²) in [5, 5.41) is 9.19. The molecular weight excluding hydrogens is 440 g/mol. The number of benzene rings is 1. The predicted octanol–water partition coefficient (Wildman–Crippen LogP) is 7.13. The molecule has 5 nitrogen and oxygen atoms in total. The molecule has 6 heteroatoms. The summed E-state index contributed by atoms with van der Waals surface area (Å²) >= 11 is 1.55. The number of fused-ring (bicyclic) bond motifs is 1. The highest BCUT2D eigenvalue weighted by molar-refractivity contribution is 7.13. The first-order valence-corrected chi connectivity index (χ1v) is 14.5. The van der Waals surface area contributed by atoms with Crippen molar-refractivity contribution >= 4 is 28.1 Å². The van der Waals surface area contributed by atoms with Gasteiger partial charge in [0.15, 0.2) is 5.13 Å². The van der Waals surface area contributed by atoms with Gasteiger partial charge in [-0.15, -0.1) is 11.3 Å². The molecule has 1 aliphatic rings. The summed E-state index contributed by atoms with van der Waals surface area (Å²) in [7, 11) is 0. The molecule has 0 atom stereocenters. The van der Waals surface area contributed by atoms with Crippen molar-refractivity contribution in [2.24, 2.45) is 0 Å². The first kappa shape index (κ1) is 26.5. The normalized spacial score (nSPS) is 12.5. The lowest BCUT2D eigenvalue weighted by molar-refractivity contribution is 0.0953. The van der Waals surface area contributed by atoms with Crippen LogP contribution in [0.4, 0.5) is 10.8 Å². The van der Waals surface area contributed by atoms with Crippen LogP contribution in [0.5, 0.6) is 0 Å². The van der Waals surface area contributed by atoms with E-state index in [0.717, 1.165) is 49.3 Å². The van der Waals surface area contributed by atoms with Crippen molar-refractivity contribution < 1.29 is 4.79 Å². The number of hydrogen-bond donors (Lipinski definition) is 3. The fourth-order valence-corrected chi connectivity index (χ4v) is 5.32. The third-order valence-electron chi connectivity index (χ3n) is 6.80. The number of unbranched alkanes of at least 4 members (excludes halogenated alkanes) is 13. The second-order valence-electron chi connectivity index (χ2n) is 9.68. The first-order chi connectivity index (χ1) is 16.7. The maximum absolute atomic E-state index is 12.3. The van der Waals surface area contributed by atoms with E-state index in [2.05, 4.69) is 27.1 Å². The standard InChI is InChI=1S/C28H44N4OS/c29-28-32-25(22-34-28)15-13-11-9-7-5-3-1-2-4-6-8-10-12-14-19-31-27(33)24-17-16-23-18-20-30-26(23)21-24/h16-17,21-22,30H,1-15,18-20H2,(H2,29,32)(H,31,33). The number of carbonyl (C=O) groups excluding carboxylic acids is 1. The lowest BCUT2D eigenvalue weighted by Gasteiger charge is -2.07. The molecule has 0 aliphatic carbocycles.